The molecule has 0 aromatic heterocycles. The van der Waals surface area contributed by atoms with Crippen molar-refractivity contribution in [2.24, 2.45) is 5.92 Å². The Morgan fingerprint density at radius 1 is 1.39 bits per heavy atom. The maximum atomic E-state index is 13.5. The third kappa shape index (κ3) is 2.52. The number of hydrogen-bond donors (Lipinski definition) is 1. The second-order valence-corrected chi connectivity index (χ2v) is 4.88. The first-order valence-electron chi connectivity index (χ1n) is 6.53. The van der Waals surface area contributed by atoms with Crippen molar-refractivity contribution >= 4 is 11.4 Å². The van der Waals surface area contributed by atoms with Crippen LogP contribution in [-0.2, 0) is 0 Å². The summed E-state index contributed by atoms with van der Waals surface area (Å²) >= 11 is 0. The number of methoxy groups -OCH3 is 1. The molecule has 2 rings (SSSR count). The number of ether oxygens (including phenoxy) is 1. The number of nitrogens with two attached hydrogens (primary N) is 1. The van der Waals surface area contributed by atoms with Crippen LogP contribution in [0.1, 0.15) is 26.2 Å². The third-order valence-electron chi connectivity index (χ3n) is 3.83. The van der Waals surface area contributed by atoms with Crippen molar-refractivity contribution in [3.05, 3.63) is 17.9 Å². The summed E-state index contributed by atoms with van der Waals surface area (Å²) in [7, 11) is 1.47. The smallest absolute Gasteiger partial charge is 0.167 e. The van der Waals surface area contributed by atoms with E-state index in [1.165, 1.54) is 32.4 Å². The maximum absolute atomic E-state index is 13.5. The van der Waals surface area contributed by atoms with E-state index in [-0.39, 0.29) is 5.75 Å². The first-order valence-corrected chi connectivity index (χ1v) is 6.53. The van der Waals surface area contributed by atoms with Gasteiger partial charge in [0.2, 0.25) is 0 Å². The number of nitrogen functional groups attached to an aromatic ring is 1. The van der Waals surface area contributed by atoms with E-state index in [2.05, 4.69) is 11.8 Å². The largest absolute Gasteiger partial charge is 0.494 e. The van der Waals surface area contributed by atoms with Crippen LogP contribution in [-0.4, -0.2) is 20.2 Å². The van der Waals surface area contributed by atoms with Crippen LogP contribution in [0.5, 0.6) is 5.75 Å². The summed E-state index contributed by atoms with van der Waals surface area (Å²) in [5.41, 5.74) is 7.29. The molecule has 100 valence electrons. The molecule has 1 aromatic rings. The summed E-state index contributed by atoms with van der Waals surface area (Å²) in [6.07, 6.45) is 3.58. The number of anilines is 2. The highest BCUT2D eigenvalue weighted by atomic mass is 19.1. The van der Waals surface area contributed by atoms with Gasteiger partial charge in [-0.15, -0.1) is 0 Å². The summed E-state index contributed by atoms with van der Waals surface area (Å²) in [5.74, 6) is 0.670. The predicted molar refractivity (Wildman–Crippen MR) is 72.6 cm³/mol. The van der Waals surface area contributed by atoms with Crippen LogP contribution in [0.25, 0.3) is 0 Å². The molecule has 1 fully saturated rings. The Morgan fingerprint density at radius 3 is 2.61 bits per heavy atom. The molecule has 0 bridgehead atoms. The Hall–Kier alpha value is -1.45. The molecule has 0 radical (unpaired) electrons. The highest BCUT2D eigenvalue weighted by Gasteiger charge is 2.20. The summed E-state index contributed by atoms with van der Waals surface area (Å²) in [5, 5.41) is 0. The van der Waals surface area contributed by atoms with Crippen LogP contribution >= 0.6 is 0 Å². The molecule has 0 amide bonds. The van der Waals surface area contributed by atoms with Crippen molar-refractivity contribution in [3.63, 3.8) is 0 Å². The van der Waals surface area contributed by atoms with Gasteiger partial charge in [0, 0.05) is 25.2 Å². The first-order chi connectivity index (χ1) is 8.65. The van der Waals surface area contributed by atoms with Crippen LogP contribution in [0, 0.1) is 11.7 Å². The zero-order valence-corrected chi connectivity index (χ0v) is 11.1. The molecule has 1 aromatic carbocycles. The van der Waals surface area contributed by atoms with E-state index >= 15 is 0 Å². The van der Waals surface area contributed by atoms with Crippen molar-refractivity contribution in [3.8, 4) is 5.75 Å². The van der Waals surface area contributed by atoms with Crippen LogP contribution in [0.15, 0.2) is 12.1 Å². The van der Waals surface area contributed by atoms with Crippen molar-refractivity contribution in [2.75, 3.05) is 30.8 Å². The molecule has 1 saturated heterocycles. The molecule has 0 spiro atoms. The Balaban J connectivity index is 2.18. The first kappa shape index (κ1) is 13.0. The lowest BCUT2D eigenvalue weighted by Gasteiger charge is -2.34. The van der Waals surface area contributed by atoms with E-state index < -0.39 is 5.82 Å². The Labute approximate surface area is 108 Å². The van der Waals surface area contributed by atoms with E-state index in [0.29, 0.717) is 5.69 Å². The van der Waals surface area contributed by atoms with Crippen molar-refractivity contribution in [2.45, 2.75) is 26.2 Å². The van der Waals surface area contributed by atoms with Crippen molar-refractivity contribution < 1.29 is 9.13 Å². The highest BCUT2D eigenvalue weighted by molar-refractivity contribution is 5.70. The van der Waals surface area contributed by atoms with E-state index in [9.17, 15) is 4.39 Å². The van der Waals surface area contributed by atoms with Crippen LogP contribution in [0.3, 0.4) is 0 Å². The molecule has 0 unspecified atom stereocenters. The van der Waals surface area contributed by atoms with Crippen molar-refractivity contribution in [1.82, 2.24) is 0 Å². The third-order valence-corrected chi connectivity index (χ3v) is 3.83. The number of halogens is 1. The number of rotatable bonds is 3. The number of piperidine rings is 1. The maximum Gasteiger partial charge on any atom is 0.167 e. The summed E-state index contributed by atoms with van der Waals surface area (Å²) in [6.45, 7) is 4.20. The molecule has 0 atom stereocenters. The second kappa shape index (κ2) is 5.46. The Morgan fingerprint density at radius 2 is 2.06 bits per heavy atom. The fraction of sp³-hybridized carbons (Fsp3) is 0.571. The summed E-state index contributed by atoms with van der Waals surface area (Å²) in [4.78, 5) is 2.23. The van der Waals surface area contributed by atoms with E-state index in [4.69, 9.17) is 10.5 Å². The van der Waals surface area contributed by atoms with Crippen LogP contribution in [0.4, 0.5) is 15.8 Å². The Bertz CT molecular complexity index is 415. The molecule has 4 heteroatoms. The molecule has 3 nitrogen and oxygen atoms in total. The van der Waals surface area contributed by atoms with Crippen LogP contribution in [0.2, 0.25) is 0 Å². The Kier molecular flexibility index (Phi) is 3.94. The van der Waals surface area contributed by atoms with Gasteiger partial charge >= 0.3 is 0 Å². The van der Waals surface area contributed by atoms with Gasteiger partial charge < -0.3 is 15.4 Å². The van der Waals surface area contributed by atoms with Gasteiger partial charge in [0.1, 0.15) is 0 Å². The molecule has 18 heavy (non-hydrogen) atoms. The molecule has 0 saturated carbocycles. The van der Waals surface area contributed by atoms with E-state index in [0.717, 1.165) is 24.7 Å². The molecule has 1 aliphatic heterocycles. The zero-order chi connectivity index (χ0) is 13.1. The van der Waals surface area contributed by atoms with Gasteiger partial charge in [0.15, 0.2) is 11.6 Å². The number of nitrogens with zero attached hydrogens (tertiary/aromatic N) is 1. The number of benzene rings is 1. The minimum Gasteiger partial charge on any atom is -0.494 e. The lowest BCUT2D eigenvalue weighted by Crippen LogP contribution is -2.34. The predicted octanol–water partition coefficient (Wildman–Crippen LogP) is 3.04. The highest BCUT2D eigenvalue weighted by Crippen LogP contribution is 2.33. The summed E-state index contributed by atoms with van der Waals surface area (Å²) < 4.78 is 18.5. The molecular formula is C14H21FN2O. The lowest BCUT2D eigenvalue weighted by atomic mass is 9.94. The van der Waals surface area contributed by atoms with Gasteiger partial charge in [-0.05, 0) is 18.8 Å². The van der Waals surface area contributed by atoms with Crippen molar-refractivity contribution in [1.29, 1.82) is 0 Å². The fourth-order valence-corrected chi connectivity index (χ4v) is 2.57. The SMILES string of the molecule is CCC1CCN(c2cc(OC)c(F)cc2N)CC1. The minimum atomic E-state index is -0.401. The molecule has 2 N–H and O–H groups in total. The number of hydrogen-bond acceptors (Lipinski definition) is 3. The molecular weight excluding hydrogens is 231 g/mol. The second-order valence-electron chi connectivity index (χ2n) is 4.88. The van der Waals surface area contributed by atoms with Gasteiger partial charge in [0.05, 0.1) is 18.5 Å². The average Bonchev–Trinajstić information content (AvgIpc) is 2.39. The van der Waals surface area contributed by atoms with Gasteiger partial charge in [-0.25, -0.2) is 4.39 Å². The van der Waals surface area contributed by atoms with Gasteiger partial charge in [-0.2, -0.15) is 0 Å². The van der Waals surface area contributed by atoms with E-state index in [1.54, 1.807) is 6.07 Å². The molecule has 1 aliphatic rings. The van der Waals surface area contributed by atoms with Gasteiger partial charge in [0.25, 0.3) is 0 Å². The standard InChI is InChI=1S/C14H21FN2O/c1-3-10-4-6-17(7-5-10)13-9-14(18-2)11(15)8-12(13)16/h8-10H,3-7,16H2,1-2H3. The van der Waals surface area contributed by atoms with Gasteiger partial charge in [-0.1, -0.05) is 13.3 Å². The minimum absolute atomic E-state index is 0.261. The van der Waals surface area contributed by atoms with E-state index in [1.807, 2.05) is 0 Å². The topological polar surface area (TPSA) is 38.5 Å². The van der Waals surface area contributed by atoms with Crippen LogP contribution < -0.4 is 15.4 Å². The quantitative estimate of drug-likeness (QED) is 0.840. The molecule has 1 heterocycles. The summed E-state index contributed by atoms with van der Waals surface area (Å²) in [6, 6.07) is 3.05. The zero-order valence-electron chi connectivity index (χ0n) is 11.1. The lowest BCUT2D eigenvalue weighted by molar-refractivity contribution is 0.383. The van der Waals surface area contributed by atoms with Gasteiger partial charge in [-0.3, -0.25) is 0 Å². The normalized spacial score (nSPS) is 16.9. The monoisotopic (exact) mass is 252 g/mol. The fourth-order valence-electron chi connectivity index (χ4n) is 2.57. The molecule has 0 aliphatic carbocycles. The average molecular weight is 252 g/mol.